The van der Waals surface area contributed by atoms with Gasteiger partial charge in [-0.25, -0.2) is 0 Å². The minimum atomic E-state index is 0.517. The second-order valence-corrected chi connectivity index (χ2v) is 6.45. The van der Waals surface area contributed by atoms with Crippen molar-refractivity contribution >= 4 is 11.8 Å². The summed E-state index contributed by atoms with van der Waals surface area (Å²) in [7, 11) is 1.90. The molecule has 4 rings (SSSR count). The summed E-state index contributed by atoms with van der Waals surface area (Å²) in [6.45, 7) is 2.03. The van der Waals surface area contributed by atoms with Gasteiger partial charge in [-0.05, 0) is 25.1 Å². The van der Waals surface area contributed by atoms with E-state index < -0.39 is 0 Å². The number of hydrogen-bond donors (Lipinski definition) is 0. The van der Waals surface area contributed by atoms with Gasteiger partial charge < -0.3 is 13.5 Å². The van der Waals surface area contributed by atoms with E-state index in [4.69, 9.17) is 8.94 Å². The highest BCUT2D eigenvalue weighted by Crippen LogP contribution is 2.26. The van der Waals surface area contributed by atoms with E-state index in [0.29, 0.717) is 29.1 Å². The lowest BCUT2D eigenvalue weighted by molar-refractivity contribution is 0.391. The number of benzene rings is 1. The van der Waals surface area contributed by atoms with Crippen LogP contribution in [0.1, 0.15) is 11.5 Å². The predicted molar refractivity (Wildman–Crippen MR) is 92.7 cm³/mol. The van der Waals surface area contributed by atoms with Crippen LogP contribution in [0.5, 0.6) is 0 Å². The average molecular weight is 353 g/mol. The molecular weight excluding hydrogens is 338 g/mol. The minimum absolute atomic E-state index is 0.517. The summed E-state index contributed by atoms with van der Waals surface area (Å²) < 4.78 is 12.6. The highest BCUT2D eigenvalue weighted by Gasteiger charge is 2.15. The maximum atomic E-state index is 5.36. The van der Waals surface area contributed by atoms with Crippen molar-refractivity contribution in [3.8, 4) is 23.0 Å². The van der Waals surface area contributed by atoms with Crippen molar-refractivity contribution in [1.82, 2.24) is 24.9 Å². The predicted octanol–water partition coefficient (Wildman–Crippen LogP) is 3.73. The number of aromatic nitrogens is 5. The zero-order valence-electron chi connectivity index (χ0n) is 13.7. The summed E-state index contributed by atoms with van der Waals surface area (Å²) >= 11 is 1.48. The van der Waals surface area contributed by atoms with Gasteiger partial charge in [0.25, 0.3) is 0 Å². The molecule has 0 aliphatic heterocycles. The molecule has 1 aromatic carbocycles. The average Bonchev–Trinajstić information content (AvgIpc) is 3.34. The van der Waals surface area contributed by atoms with Gasteiger partial charge in [-0.1, -0.05) is 40.7 Å². The van der Waals surface area contributed by atoms with Gasteiger partial charge in [0.05, 0.1) is 12.0 Å². The summed E-state index contributed by atoms with van der Waals surface area (Å²) in [4.78, 5) is 4.45. The molecule has 3 heterocycles. The number of nitrogens with zero attached hydrogens (tertiary/aromatic N) is 5. The first-order chi connectivity index (χ1) is 12.2. The van der Waals surface area contributed by atoms with Crippen molar-refractivity contribution in [2.75, 3.05) is 0 Å². The monoisotopic (exact) mass is 353 g/mol. The molecule has 0 atom stereocenters. The Hall–Kier alpha value is -2.87. The van der Waals surface area contributed by atoms with Crippen molar-refractivity contribution in [2.45, 2.75) is 17.8 Å². The number of thioether (sulfide) groups is 1. The summed E-state index contributed by atoms with van der Waals surface area (Å²) in [5.74, 6) is 3.01. The molecule has 126 valence electrons. The van der Waals surface area contributed by atoms with E-state index in [2.05, 4.69) is 20.3 Å². The van der Waals surface area contributed by atoms with Crippen LogP contribution in [-0.4, -0.2) is 24.9 Å². The van der Waals surface area contributed by atoms with Crippen LogP contribution >= 0.6 is 11.8 Å². The zero-order valence-corrected chi connectivity index (χ0v) is 14.5. The van der Waals surface area contributed by atoms with Crippen molar-refractivity contribution in [2.24, 2.45) is 7.05 Å². The summed E-state index contributed by atoms with van der Waals surface area (Å²) in [6, 6.07) is 11.7. The molecule has 0 bridgehead atoms. The highest BCUT2D eigenvalue weighted by atomic mass is 32.2. The third kappa shape index (κ3) is 3.20. The lowest BCUT2D eigenvalue weighted by Crippen LogP contribution is -1.94. The first-order valence-corrected chi connectivity index (χ1v) is 8.65. The molecule has 25 heavy (non-hydrogen) atoms. The van der Waals surface area contributed by atoms with Gasteiger partial charge in [0.15, 0.2) is 16.7 Å². The van der Waals surface area contributed by atoms with Crippen LogP contribution in [0.2, 0.25) is 0 Å². The first kappa shape index (κ1) is 15.6. The Morgan fingerprint density at radius 1 is 1.16 bits per heavy atom. The van der Waals surface area contributed by atoms with Gasteiger partial charge in [-0.2, -0.15) is 4.98 Å². The third-order valence-corrected chi connectivity index (χ3v) is 4.65. The largest absolute Gasteiger partial charge is 0.461 e. The normalized spacial score (nSPS) is 11.1. The lowest BCUT2D eigenvalue weighted by atomic mass is 10.1. The molecule has 0 saturated carbocycles. The molecular formula is C17H15N5O2S. The molecule has 0 unspecified atom stereocenters. The van der Waals surface area contributed by atoms with Gasteiger partial charge in [-0.15, -0.1) is 10.2 Å². The molecule has 7 nitrogen and oxygen atoms in total. The van der Waals surface area contributed by atoms with Crippen LogP contribution in [0.25, 0.3) is 23.0 Å². The lowest BCUT2D eigenvalue weighted by Gasteiger charge is -2.00. The Morgan fingerprint density at radius 2 is 2.08 bits per heavy atom. The molecule has 0 spiro atoms. The number of hydrogen-bond acceptors (Lipinski definition) is 7. The standard InChI is InChI=1S/C17H15N5O2S/c1-11-5-3-6-12(9-11)15-18-14(24-21-15)10-25-17-20-19-16(22(17)2)13-7-4-8-23-13/h3-9H,10H2,1-2H3. The third-order valence-electron chi connectivity index (χ3n) is 3.65. The van der Waals surface area contributed by atoms with E-state index in [9.17, 15) is 0 Å². The van der Waals surface area contributed by atoms with Gasteiger partial charge in [0.1, 0.15) is 0 Å². The molecule has 0 aliphatic rings. The Kier molecular flexibility index (Phi) is 4.10. The van der Waals surface area contributed by atoms with Crippen LogP contribution in [0.15, 0.2) is 56.8 Å². The summed E-state index contributed by atoms with van der Waals surface area (Å²) in [5.41, 5.74) is 2.10. The van der Waals surface area contributed by atoms with Crippen LogP contribution in [0, 0.1) is 6.92 Å². The van der Waals surface area contributed by atoms with Crippen LogP contribution in [-0.2, 0) is 12.8 Å². The van der Waals surface area contributed by atoms with Gasteiger partial charge in [0, 0.05) is 12.6 Å². The van der Waals surface area contributed by atoms with Crippen molar-refractivity contribution in [3.63, 3.8) is 0 Å². The second-order valence-electron chi connectivity index (χ2n) is 5.51. The zero-order chi connectivity index (χ0) is 17.2. The van der Waals surface area contributed by atoms with E-state index in [1.807, 2.05) is 54.9 Å². The van der Waals surface area contributed by atoms with E-state index in [0.717, 1.165) is 16.3 Å². The SMILES string of the molecule is Cc1cccc(-c2noc(CSc3nnc(-c4ccco4)n3C)n2)c1. The van der Waals surface area contributed by atoms with Crippen molar-refractivity contribution < 1.29 is 8.94 Å². The Balaban J connectivity index is 1.48. The van der Waals surface area contributed by atoms with E-state index >= 15 is 0 Å². The summed E-state index contributed by atoms with van der Waals surface area (Å²) in [5, 5.41) is 13.2. The number of furan rings is 1. The van der Waals surface area contributed by atoms with Crippen molar-refractivity contribution in [3.05, 3.63) is 54.1 Å². The maximum absolute atomic E-state index is 5.36. The maximum Gasteiger partial charge on any atom is 0.237 e. The van der Waals surface area contributed by atoms with Crippen LogP contribution in [0.4, 0.5) is 0 Å². The fourth-order valence-electron chi connectivity index (χ4n) is 2.40. The van der Waals surface area contributed by atoms with E-state index in [1.54, 1.807) is 6.26 Å². The molecule has 0 fully saturated rings. The molecule has 4 aromatic rings. The molecule has 8 heteroatoms. The molecule has 0 N–H and O–H groups in total. The van der Waals surface area contributed by atoms with Crippen LogP contribution < -0.4 is 0 Å². The molecule has 0 radical (unpaired) electrons. The second kappa shape index (κ2) is 6.56. The highest BCUT2D eigenvalue weighted by molar-refractivity contribution is 7.98. The van der Waals surface area contributed by atoms with Gasteiger partial charge >= 0.3 is 0 Å². The molecule has 0 saturated heterocycles. The van der Waals surface area contributed by atoms with E-state index in [1.165, 1.54) is 11.8 Å². The van der Waals surface area contributed by atoms with Crippen molar-refractivity contribution in [1.29, 1.82) is 0 Å². The summed E-state index contributed by atoms with van der Waals surface area (Å²) in [6.07, 6.45) is 1.61. The number of aryl methyl sites for hydroxylation is 1. The molecule has 0 aliphatic carbocycles. The minimum Gasteiger partial charge on any atom is -0.461 e. The van der Waals surface area contributed by atoms with E-state index in [-0.39, 0.29) is 0 Å². The molecule has 0 amide bonds. The quantitative estimate of drug-likeness (QED) is 0.506. The smallest absolute Gasteiger partial charge is 0.237 e. The Bertz CT molecular complexity index is 990. The molecule has 3 aromatic heterocycles. The van der Waals surface area contributed by atoms with Gasteiger partial charge in [0.2, 0.25) is 11.7 Å². The van der Waals surface area contributed by atoms with Crippen LogP contribution in [0.3, 0.4) is 0 Å². The first-order valence-electron chi connectivity index (χ1n) is 7.66. The number of rotatable bonds is 5. The van der Waals surface area contributed by atoms with Gasteiger partial charge in [-0.3, -0.25) is 0 Å². The topological polar surface area (TPSA) is 82.8 Å². The fourth-order valence-corrected chi connectivity index (χ4v) is 3.15. The Morgan fingerprint density at radius 3 is 2.88 bits per heavy atom. The fraction of sp³-hybridized carbons (Fsp3) is 0.176. The Labute approximate surface area is 148 Å².